The van der Waals surface area contributed by atoms with Gasteiger partial charge in [0.05, 0.1) is 14.2 Å². The van der Waals surface area contributed by atoms with E-state index in [9.17, 15) is 13.2 Å². The summed E-state index contributed by atoms with van der Waals surface area (Å²) in [6.07, 6.45) is 5.26. The van der Waals surface area contributed by atoms with Gasteiger partial charge < -0.3 is 34.3 Å². The Morgan fingerprint density at radius 3 is 2.44 bits per heavy atom. The van der Waals surface area contributed by atoms with Gasteiger partial charge in [-0.15, -0.1) is 6.42 Å². The maximum atomic E-state index is 13.6. The van der Waals surface area contributed by atoms with Crippen LogP contribution in [0.25, 0.3) is 22.1 Å². The Labute approximate surface area is 249 Å². The van der Waals surface area contributed by atoms with E-state index < -0.39 is 10.0 Å². The van der Waals surface area contributed by atoms with Gasteiger partial charge in [0.25, 0.3) is 15.9 Å². The second kappa shape index (κ2) is 12.5. The second-order valence-corrected chi connectivity index (χ2v) is 11.2. The number of fused-ring (bicyclic) bond motifs is 1. The Balaban J connectivity index is 1.45. The molecule has 2 heterocycles. The normalized spacial score (nSPS) is 13.4. The molecule has 1 saturated heterocycles. The summed E-state index contributed by atoms with van der Waals surface area (Å²) < 4.78 is 51.8. The molecular weight excluding hydrogens is 574 g/mol. The number of carbonyl (C=O) groups excluding carboxylic acids is 1. The van der Waals surface area contributed by atoms with E-state index in [1.165, 1.54) is 26.4 Å². The van der Waals surface area contributed by atoms with E-state index in [1.807, 2.05) is 24.3 Å². The quantitative estimate of drug-likeness (QED) is 0.258. The average molecular weight is 606 g/mol. The van der Waals surface area contributed by atoms with Gasteiger partial charge in [0.2, 0.25) is 0 Å². The van der Waals surface area contributed by atoms with Gasteiger partial charge in [0, 0.05) is 38.4 Å². The maximum absolute atomic E-state index is 13.6. The third-order valence-electron chi connectivity index (χ3n) is 7.03. The molecule has 0 saturated carbocycles. The fraction of sp³-hybridized carbons (Fsp3) is 0.267. The SMILES string of the molecule is C#CC(=O)N1CCN(c2cccc(-c3cc(OC)c4c(NS(=O)(=O)c5c(OC)cccc5OCCN)noc4c3)c2)CC1. The molecular formula is C30H31N5O7S. The first-order valence-corrected chi connectivity index (χ1v) is 14.9. The number of sulfonamides is 1. The molecule has 0 atom stereocenters. The van der Waals surface area contributed by atoms with Crippen LogP contribution in [0.4, 0.5) is 11.5 Å². The Bertz CT molecular complexity index is 1790. The van der Waals surface area contributed by atoms with Crippen LogP contribution >= 0.6 is 0 Å². The molecule has 1 fully saturated rings. The summed E-state index contributed by atoms with van der Waals surface area (Å²) in [5.74, 6) is 2.35. The first-order chi connectivity index (χ1) is 20.8. The van der Waals surface area contributed by atoms with Crippen molar-refractivity contribution < 1.29 is 31.9 Å². The van der Waals surface area contributed by atoms with Gasteiger partial charge in [-0.3, -0.25) is 9.52 Å². The van der Waals surface area contributed by atoms with Crippen LogP contribution in [0.2, 0.25) is 0 Å². The monoisotopic (exact) mass is 605 g/mol. The molecule has 0 radical (unpaired) electrons. The topological polar surface area (TPSA) is 149 Å². The number of nitrogens with two attached hydrogens (primary N) is 1. The van der Waals surface area contributed by atoms with E-state index in [-0.39, 0.29) is 41.3 Å². The van der Waals surface area contributed by atoms with Crippen molar-refractivity contribution in [2.75, 3.05) is 63.2 Å². The number of anilines is 2. The average Bonchev–Trinajstić information content (AvgIpc) is 3.44. The molecule has 1 aliphatic rings. The Hall–Kier alpha value is -4.93. The number of carbonyl (C=O) groups is 1. The van der Waals surface area contributed by atoms with Crippen LogP contribution in [0.5, 0.6) is 17.2 Å². The van der Waals surface area contributed by atoms with Crippen molar-refractivity contribution in [3.63, 3.8) is 0 Å². The predicted octanol–water partition coefficient (Wildman–Crippen LogP) is 2.93. The van der Waals surface area contributed by atoms with Gasteiger partial charge >= 0.3 is 0 Å². The highest BCUT2D eigenvalue weighted by molar-refractivity contribution is 7.93. The number of methoxy groups -OCH3 is 2. The lowest BCUT2D eigenvalue weighted by molar-refractivity contribution is -0.125. The number of rotatable bonds is 10. The van der Waals surface area contributed by atoms with E-state index in [0.717, 1.165) is 16.8 Å². The largest absolute Gasteiger partial charge is 0.496 e. The third-order valence-corrected chi connectivity index (χ3v) is 8.43. The number of benzene rings is 3. The smallest absolute Gasteiger partial charge is 0.298 e. The molecule has 0 spiro atoms. The molecule has 1 aliphatic heterocycles. The van der Waals surface area contributed by atoms with Crippen LogP contribution in [0.1, 0.15) is 0 Å². The fourth-order valence-corrected chi connectivity index (χ4v) is 6.26. The first-order valence-electron chi connectivity index (χ1n) is 13.4. The van der Waals surface area contributed by atoms with Crippen LogP contribution in [-0.2, 0) is 14.8 Å². The lowest BCUT2D eigenvalue weighted by atomic mass is 10.0. The molecule has 12 nitrogen and oxygen atoms in total. The van der Waals surface area contributed by atoms with Crippen LogP contribution in [0, 0.1) is 12.3 Å². The van der Waals surface area contributed by atoms with Crippen molar-refractivity contribution in [3.8, 4) is 40.7 Å². The minimum absolute atomic E-state index is 0.0535. The zero-order chi connectivity index (χ0) is 30.6. The minimum atomic E-state index is -4.25. The van der Waals surface area contributed by atoms with E-state index in [1.54, 1.807) is 23.1 Å². The summed E-state index contributed by atoms with van der Waals surface area (Å²) in [5.41, 5.74) is 8.52. The number of ether oxygens (including phenoxy) is 3. The van der Waals surface area contributed by atoms with Crippen molar-refractivity contribution in [2.24, 2.45) is 5.73 Å². The van der Waals surface area contributed by atoms with Gasteiger partial charge in [-0.05, 0) is 53.4 Å². The summed E-state index contributed by atoms with van der Waals surface area (Å²) in [6, 6.07) is 16.1. The van der Waals surface area contributed by atoms with Crippen molar-refractivity contribution in [2.45, 2.75) is 4.90 Å². The number of piperazine rings is 1. The summed E-state index contributed by atoms with van der Waals surface area (Å²) in [5, 5.41) is 4.36. The molecule has 0 bridgehead atoms. The predicted molar refractivity (Wildman–Crippen MR) is 162 cm³/mol. The fourth-order valence-electron chi connectivity index (χ4n) is 4.96. The van der Waals surface area contributed by atoms with Crippen LogP contribution < -0.4 is 29.6 Å². The highest BCUT2D eigenvalue weighted by Crippen LogP contribution is 2.40. The number of aromatic nitrogens is 1. The van der Waals surface area contributed by atoms with Crippen LogP contribution in [0.15, 0.2) is 64.0 Å². The molecule has 224 valence electrons. The molecule has 3 N–H and O–H groups in total. The first kappa shape index (κ1) is 29.6. The number of nitrogens with zero attached hydrogens (tertiary/aromatic N) is 3. The number of nitrogens with one attached hydrogen (secondary N) is 1. The van der Waals surface area contributed by atoms with E-state index in [2.05, 4.69) is 20.7 Å². The van der Waals surface area contributed by atoms with Crippen LogP contribution in [-0.4, -0.2) is 77.9 Å². The lowest BCUT2D eigenvalue weighted by Gasteiger charge is -2.35. The standard InChI is InChI=1S/C30H31N5O7S/c1-4-27(36)35-14-12-34(13-15-35)22-8-5-7-20(17-22)21-18-25(40-3)28-26(19-21)42-32-30(28)33-43(37,38)29-23(39-2)9-6-10-24(29)41-16-11-31/h1,5-10,17-19H,11-16,31H2,2-3H3,(H,32,33). The molecule has 5 rings (SSSR count). The highest BCUT2D eigenvalue weighted by Gasteiger charge is 2.28. The molecule has 13 heteroatoms. The van der Waals surface area contributed by atoms with Crippen LogP contribution in [0.3, 0.4) is 0 Å². The molecule has 43 heavy (non-hydrogen) atoms. The zero-order valence-corrected chi connectivity index (χ0v) is 24.5. The lowest BCUT2D eigenvalue weighted by Crippen LogP contribution is -2.48. The Kier molecular flexibility index (Phi) is 8.61. The van der Waals surface area contributed by atoms with Gasteiger partial charge in [-0.25, -0.2) is 8.42 Å². The van der Waals surface area contributed by atoms with Crippen molar-refractivity contribution in [3.05, 3.63) is 54.6 Å². The third kappa shape index (κ3) is 6.01. The highest BCUT2D eigenvalue weighted by atomic mass is 32.2. The summed E-state index contributed by atoms with van der Waals surface area (Å²) in [6.45, 7) is 2.69. The van der Waals surface area contributed by atoms with E-state index in [4.69, 9.17) is 30.9 Å². The number of terminal acetylenes is 1. The van der Waals surface area contributed by atoms with E-state index in [0.29, 0.717) is 42.9 Å². The van der Waals surface area contributed by atoms with Crippen molar-refractivity contribution >= 4 is 38.4 Å². The van der Waals surface area contributed by atoms with Gasteiger partial charge in [0.1, 0.15) is 29.2 Å². The molecule has 1 amide bonds. The van der Waals surface area contributed by atoms with Gasteiger partial charge in [-0.1, -0.05) is 23.4 Å². The number of hydrogen-bond acceptors (Lipinski definition) is 10. The maximum Gasteiger partial charge on any atom is 0.298 e. The molecule has 0 unspecified atom stereocenters. The van der Waals surface area contributed by atoms with E-state index >= 15 is 0 Å². The minimum Gasteiger partial charge on any atom is -0.496 e. The molecule has 0 aliphatic carbocycles. The summed E-state index contributed by atoms with van der Waals surface area (Å²) in [4.78, 5) is 15.5. The molecule has 1 aromatic heterocycles. The summed E-state index contributed by atoms with van der Waals surface area (Å²) >= 11 is 0. The summed E-state index contributed by atoms with van der Waals surface area (Å²) in [7, 11) is -1.41. The number of hydrogen-bond donors (Lipinski definition) is 2. The van der Waals surface area contributed by atoms with Gasteiger partial charge in [-0.2, -0.15) is 0 Å². The Morgan fingerprint density at radius 1 is 1.02 bits per heavy atom. The number of amides is 1. The van der Waals surface area contributed by atoms with Crippen molar-refractivity contribution in [1.82, 2.24) is 10.1 Å². The Morgan fingerprint density at radius 2 is 1.74 bits per heavy atom. The second-order valence-electron chi connectivity index (χ2n) is 9.59. The zero-order valence-electron chi connectivity index (χ0n) is 23.7. The van der Waals surface area contributed by atoms with Gasteiger partial charge in [0.15, 0.2) is 16.3 Å². The van der Waals surface area contributed by atoms with Crippen molar-refractivity contribution in [1.29, 1.82) is 0 Å². The molecule has 3 aromatic carbocycles. The molecule has 4 aromatic rings.